The van der Waals surface area contributed by atoms with Crippen molar-refractivity contribution in [2.24, 2.45) is 0 Å². The van der Waals surface area contributed by atoms with Crippen molar-refractivity contribution in [3.8, 4) is 11.5 Å². The van der Waals surface area contributed by atoms with Crippen LogP contribution in [-0.4, -0.2) is 16.0 Å². The number of amides is 1. The molecule has 0 saturated carbocycles. The fraction of sp³-hybridized carbons (Fsp3) is 0. The highest BCUT2D eigenvalue weighted by Gasteiger charge is 2.14. The van der Waals surface area contributed by atoms with Gasteiger partial charge in [-0.05, 0) is 59.4 Å². The lowest BCUT2D eigenvalue weighted by atomic mass is 10.0. The highest BCUT2D eigenvalue weighted by molar-refractivity contribution is 7.80. The smallest absolute Gasteiger partial charge is 0.258 e. The van der Waals surface area contributed by atoms with Gasteiger partial charge < -0.3 is 9.73 Å². The third-order valence-electron chi connectivity index (χ3n) is 5.01. The zero-order valence-electron chi connectivity index (χ0n) is 16.6. The summed E-state index contributed by atoms with van der Waals surface area (Å²) in [6.07, 6.45) is 0. The van der Waals surface area contributed by atoms with E-state index in [0.717, 1.165) is 16.3 Å². The lowest BCUT2D eigenvalue weighted by Crippen LogP contribution is -2.34. The predicted octanol–water partition coefficient (Wildman–Crippen LogP) is 6.43. The van der Waals surface area contributed by atoms with Gasteiger partial charge in [-0.1, -0.05) is 60.1 Å². The fourth-order valence-electron chi connectivity index (χ4n) is 3.51. The molecule has 156 valence electrons. The molecular formula is C25H16ClN3O2S. The van der Waals surface area contributed by atoms with Gasteiger partial charge in [0.2, 0.25) is 5.89 Å². The minimum Gasteiger partial charge on any atom is -0.436 e. The van der Waals surface area contributed by atoms with Crippen LogP contribution in [-0.2, 0) is 0 Å². The summed E-state index contributed by atoms with van der Waals surface area (Å²) in [7, 11) is 0. The molecule has 7 heteroatoms. The minimum absolute atomic E-state index is 0.192. The van der Waals surface area contributed by atoms with Gasteiger partial charge in [0, 0.05) is 11.3 Å². The first-order valence-electron chi connectivity index (χ1n) is 9.84. The maximum absolute atomic E-state index is 12.8. The molecule has 5 aromatic rings. The molecule has 1 heterocycles. The van der Waals surface area contributed by atoms with Gasteiger partial charge in [-0.15, -0.1) is 0 Å². The monoisotopic (exact) mass is 457 g/mol. The molecule has 0 spiro atoms. The number of hydrogen-bond donors (Lipinski definition) is 2. The summed E-state index contributed by atoms with van der Waals surface area (Å²) >= 11 is 11.6. The van der Waals surface area contributed by atoms with Gasteiger partial charge in [0.15, 0.2) is 10.7 Å². The van der Waals surface area contributed by atoms with Gasteiger partial charge in [0.1, 0.15) is 5.52 Å². The molecule has 5 nitrogen and oxygen atoms in total. The summed E-state index contributed by atoms with van der Waals surface area (Å²) in [4.78, 5) is 17.3. The number of fused-ring (bicyclic) bond motifs is 2. The molecule has 32 heavy (non-hydrogen) atoms. The quantitative estimate of drug-likeness (QED) is 0.306. The fourth-order valence-corrected chi connectivity index (χ4v) is 3.94. The summed E-state index contributed by atoms with van der Waals surface area (Å²) in [5.74, 6) is 0.164. The molecule has 4 aromatic carbocycles. The van der Waals surface area contributed by atoms with E-state index in [1.807, 2.05) is 54.6 Å². The van der Waals surface area contributed by atoms with Crippen LogP contribution in [0.3, 0.4) is 0 Å². The largest absolute Gasteiger partial charge is 0.436 e. The molecule has 0 aliphatic heterocycles. The molecule has 0 unspecified atom stereocenters. The molecule has 1 amide bonds. The van der Waals surface area contributed by atoms with Gasteiger partial charge in [-0.3, -0.25) is 10.1 Å². The predicted molar refractivity (Wildman–Crippen MR) is 132 cm³/mol. The van der Waals surface area contributed by atoms with E-state index in [2.05, 4.69) is 15.6 Å². The number of rotatable bonds is 3. The van der Waals surface area contributed by atoms with Gasteiger partial charge in [0.05, 0.1) is 10.6 Å². The second-order valence-electron chi connectivity index (χ2n) is 7.12. The summed E-state index contributed by atoms with van der Waals surface area (Å²) in [6, 6.07) is 26.1. The van der Waals surface area contributed by atoms with E-state index in [9.17, 15) is 4.79 Å². The minimum atomic E-state index is -0.275. The average Bonchev–Trinajstić information content (AvgIpc) is 3.22. The van der Waals surface area contributed by atoms with Crippen molar-refractivity contribution in [2.75, 3.05) is 5.32 Å². The molecule has 0 fully saturated rings. The zero-order valence-corrected chi connectivity index (χ0v) is 18.2. The van der Waals surface area contributed by atoms with Crippen molar-refractivity contribution in [3.05, 3.63) is 95.5 Å². The zero-order chi connectivity index (χ0) is 22.1. The van der Waals surface area contributed by atoms with Crippen LogP contribution in [0.4, 0.5) is 5.69 Å². The standard InChI is InChI=1S/C25H16ClN3O2S/c26-20-11-4-3-9-19(20)24-28-21-14-16(12-13-22(21)31-24)27-25(32)29-23(30)18-10-5-7-15-6-1-2-8-17(15)18/h1-14H,(H2,27,29,30,32). The molecule has 0 bridgehead atoms. The third kappa shape index (κ3) is 3.93. The van der Waals surface area contributed by atoms with Crippen molar-refractivity contribution >= 4 is 62.4 Å². The van der Waals surface area contributed by atoms with E-state index in [0.29, 0.717) is 33.3 Å². The van der Waals surface area contributed by atoms with Crippen LogP contribution in [0.25, 0.3) is 33.3 Å². The Hall–Kier alpha value is -3.74. The number of halogens is 1. The lowest BCUT2D eigenvalue weighted by Gasteiger charge is -2.11. The van der Waals surface area contributed by atoms with E-state index in [1.165, 1.54) is 0 Å². The molecule has 0 radical (unpaired) electrons. The molecule has 0 aliphatic carbocycles. The van der Waals surface area contributed by atoms with Crippen molar-refractivity contribution in [2.45, 2.75) is 0 Å². The topological polar surface area (TPSA) is 67.2 Å². The third-order valence-corrected chi connectivity index (χ3v) is 5.54. The Bertz CT molecular complexity index is 1490. The van der Waals surface area contributed by atoms with Gasteiger partial charge in [-0.2, -0.15) is 0 Å². The number of oxazole rings is 1. The van der Waals surface area contributed by atoms with Gasteiger partial charge in [0.25, 0.3) is 5.91 Å². The number of nitrogens with one attached hydrogen (secondary N) is 2. The normalized spacial score (nSPS) is 10.9. The highest BCUT2D eigenvalue weighted by atomic mass is 35.5. The summed E-state index contributed by atoms with van der Waals surface area (Å²) in [6.45, 7) is 0. The number of hydrogen-bond acceptors (Lipinski definition) is 4. The Morgan fingerprint density at radius 3 is 2.59 bits per heavy atom. The van der Waals surface area contributed by atoms with Crippen LogP contribution in [0, 0.1) is 0 Å². The maximum atomic E-state index is 12.8. The Kier molecular flexibility index (Phi) is 5.31. The Labute approximate surface area is 194 Å². The van der Waals surface area contributed by atoms with E-state index < -0.39 is 0 Å². The molecule has 5 rings (SSSR count). The molecular weight excluding hydrogens is 442 g/mol. The molecule has 0 atom stereocenters. The Morgan fingerprint density at radius 1 is 0.938 bits per heavy atom. The first-order chi connectivity index (χ1) is 15.6. The maximum Gasteiger partial charge on any atom is 0.258 e. The second-order valence-corrected chi connectivity index (χ2v) is 7.93. The Balaban J connectivity index is 1.34. The van der Waals surface area contributed by atoms with Crippen LogP contribution in [0.1, 0.15) is 10.4 Å². The van der Waals surface area contributed by atoms with Crippen molar-refractivity contribution in [1.29, 1.82) is 0 Å². The van der Waals surface area contributed by atoms with Gasteiger partial charge >= 0.3 is 0 Å². The second kappa shape index (κ2) is 8.42. The van der Waals surface area contributed by atoms with Crippen LogP contribution in [0.5, 0.6) is 0 Å². The summed E-state index contributed by atoms with van der Waals surface area (Å²) in [5.41, 5.74) is 3.23. The van der Waals surface area contributed by atoms with Crippen LogP contribution >= 0.6 is 23.8 Å². The highest BCUT2D eigenvalue weighted by Crippen LogP contribution is 2.30. The molecule has 1 aromatic heterocycles. The summed E-state index contributed by atoms with van der Waals surface area (Å²) < 4.78 is 5.83. The number of benzene rings is 4. The number of anilines is 1. The first kappa shape index (κ1) is 20.2. The number of aromatic nitrogens is 1. The van der Waals surface area contributed by atoms with E-state index in [-0.39, 0.29) is 11.0 Å². The van der Waals surface area contributed by atoms with Crippen LogP contribution in [0.15, 0.2) is 89.3 Å². The molecule has 2 N–H and O–H groups in total. The number of carbonyl (C=O) groups excluding carboxylic acids is 1. The number of nitrogens with zero attached hydrogens (tertiary/aromatic N) is 1. The average molecular weight is 458 g/mol. The van der Waals surface area contributed by atoms with Crippen LogP contribution < -0.4 is 10.6 Å². The molecule has 0 saturated heterocycles. The van der Waals surface area contributed by atoms with Crippen molar-refractivity contribution < 1.29 is 9.21 Å². The van der Waals surface area contributed by atoms with Gasteiger partial charge in [-0.25, -0.2) is 4.98 Å². The first-order valence-corrected chi connectivity index (χ1v) is 10.6. The van der Waals surface area contributed by atoms with Crippen molar-refractivity contribution in [3.63, 3.8) is 0 Å². The van der Waals surface area contributed by atoms with Crippen molar-refractivity contribution in [1.82, 2.24) is 10.3 Å². The number of thiocarbonyl (C=S) groups is 1. The van der Waals surface area contributed by atoms with E-state index >= 15 is 0 Å². The van der Waals surface area contributed by atoms with Crippen LogP contribution in [0.2, 0.25) is 5.02 Å². The Morgan fingerprint density at radius 2 is 1.72 bits per heavy atom. The van der Waals surface area contributed by atoms with E-state index in [4.69, 9.17) is 28.2 Å². The van der Waals surface area contributed by atoms with E-state index in [1.54, 1.807) is 30.3 Å². The molecule has 0 aliphatic rings. The summed E-state index contributed by atoms with van der Waals surface area (Å²) in [5, 5.41) is 8.39. The number of carbonyl (C=O) groups is 1. The lowest BCUT2D eigenvalue weighted by molar-refractivity contribution is 0.0979. The SMILES string of the molecule is O=C(NC(=S)Nc1ccc2oc(-c3ccccc3Cl)nc2c1)c1cccc2ccccc12.